The third-order valence-corrected chi connectivity index (χ3v) is 6.60. The fourth-order valence-corrected chi connectivity index (χ4v) is 5.07. The lowest BCUT2D eigenvalue weighted by Gasteiger charge is -2.25. The lowest BCUT2D eigenvalue weighted by molar-refractivity contribution is -0.132. The molecule has 1 aromatic carbocycles. The average Bonchev–Trinajstić information content (AvgIpc) is 3.53. The summed E-state index contributed by atoms with van der Waals surface area (Å²) in [4.78, 5) is 29.3. The summed E-state index contributed by atoms with van der Waals surface area (Å²) in [7, 11) is 0. The molecule has 0 radical (unpaired) electrons. The maximum absolute atomic E-state index is 13.5. The Hall–Kier alpha value is -3.26. The van der Waals surface area contributed by atoms with Crippen molar-refractivity contribution in [3.8, 4) is 0 Å². The van der Waals surface area contributed by atoms with Crippen LogP contribution < -0.4 is 5.32 Å². The van der Waals surface area contributed by atoms with Crippen LogP contribution in [0.5, 0.6) is 0 Å². The number of anilines is 2. The highest BCUT2D eigenvalue weighted by molar-refractivity contribution is 7.13. The SMILES string of the molecule is CCc1nc2ccccc2n1CC(=O)N1CCCC1c1cc(Nc2nccs2)cc(C)n1. The number of benzene rings is 1. The molecular weight excluding hydrogens is 420 g/mol. The molecule has 0 aliphatic carbocycles. The van der Waals surface area contributed by atoms with Gasteiger partial charge in [0.25, 0.3) is 0 Å². The summed E-state index contributed by atoms with van der Waals surface area (Å²) in [6.45, 7) is 5.12. The molecule has 32 heavy (non-hydrogen) atoms. The maximum atomic E-state index is 13.5. The minimum Gasteiger partial charge on any atom is -0.333 e. The van der Waals surface area contributed by atoms with Crippen molar-refractivity contribution in [3.63, 3.8) is 0 Å². The van der Waals surface area contributed by atoms with Crippen molar-refractivity contribution in [1.29, 1.82) is 0 Å². The Balaban J connectivity index is 1.41. The Bertz CT molecular complexity index is 1250. The van der Waals surface area contributed by atoms with Crippen LogP contribution in [-0.2, 0) is 17.8 Å². The first-order chi connectivity index (χ1) is 15.6. The van der Waals surface area contributed by atoms with E-state index in [1.165, 1.54) is 0 Å². The van der Waals surface area contributed by atoms with Gasteiger partial charge >= 0.3 is 0 Å². The van der Waals surface area contributed by atoms with Gasteiger partial charge in [0, 0.05) is 35.9 Å². The van der Waals surface area contributed by atoms with Crippen LogP contribution in [0.15, 0.2) is 48.0 Å². The van der Waals surface area contributed by atoms with Gasteiger partial charge in [-0.1, -0.05) is 19.1 Å². The number of pyridine rings is 1. The van der Waals surface area contributed by atoms with Crippen LogP contribution in [0.4, 0.5) is 10.8 Å². The number of hydrogen-bond donors (Lipinski definition) is 1. The smallest absolute Gasteiger partial charge is 0.243 e. The molecular formula is C24H26N6OS. The predicted molar refractivity (Wildman–Crippen MR) is 127 cm³/mol. The third kappa shape index (κ3) is 3.98. The standard InChI is InChI=1S/C24H26N6OS/c1-3-22-28-18-7-4-5-8-20(18)30(22)15-23(31)29-11-6-9-21(29)19-14-17(13-16(2)26-19)27-24-25-10-12-32-24/h4-5,7-8,10,12-14,21H,3,6,9,11,15H2,1-2H3,(H,25,26,27). The zero-order valence-electron chi connectivity index (χ0n) is 18.3. The van der Waals surface area contributed by atoms with Crippen LogP contribution in [0.1, 0.15) is 43.0 Å². The number of carbonyl (C=O) groups excluding carboxylic acids is 1. The first-order valence-electron chi connectivity index (χ1n) is 11.0. The Morgan fingerprint density at radius 3 is 2.94 bits per heavy atom. The number of nitrogens with one attached hydrogen (secondary N) is 1. The fraction of sp³-hybridized carbons (Fsp3) is 0.333. The second-order valence-electron chi connectivity index (χ2n) is 8.09. The van der Waals surface area contributed by atoms with Crippen molar-refractivity contribution in [2.45, 2.75) is 45.7 Å². The van der Waals surface area contributed by atoms with Crippen molar-refractivity contribution in [2.75, 3.05) is 11.9 Å². The van der Waals surface area contributed by atoms with Gasteiger partial charge in [0.1, 0.15) is 12.4 Å². The number of nitrogens with zero attached hydrogens (tertiary/aromatic N) is 5. The number of hydrogen-bond acceptors (Lipinski definition) is 6. The summed E-state index contributed by atoms with van der Waals surface area (Å²) < 4.78 is 2.06. The Labute approximate surface area is 191 Å². The van der Waals surface area contributed by atoms with Crippen LogP contribution in [0.3, 0.4) is 0 Å². The molecule has 1 aliphatic heterocycles. The van der Waals surface area contributed by atoms with E-state index >= 15 is 0 Å². The van der Waals surface area contributed by atoms with Crippen molar-refractivity contribution >= 4 is 39.1 Å². The number of carbonyl (C=O) groups is 1. The second-order valence-corrected chi connectivity index (χ2v) is 8.98. The molecule has 1 saturated heterocycles. The van der Waals surface area contributed by atoms with Crippen molar-refractivity contribution in [1.82, 2.24) is 24.4 Å². The molecule has 3 aromatic heterocycles. The van der Waals surface area contributed by atoms with E-state index < -0.39 is 0 Å². The van der Waals surface area contributed by atoms with E-state index in [4.69, 9.17) is 9.97 Å². The summed E-state index contributed by atoms with van der Waals surface area (Å²) >= 11 is 1.56. The number of fused-ring (bicyclic) bond motifs is 1. The topological polar surface area (TPSA) is 75.9 Å². The number of aryl methyl sites for hydroxylation is 2. The van der Waals surface area contributed by atoms with E-state index in [0.717, 1.165) is 64.9 Å². The number of para-hydroxylation sites is 2. The molecule has 0 spiro atoms. The van der Waals surface area contributed by atoms with E-state index in [2.05, 4.69) is 27.9 Å². The summed E-state index contributed by atoms with van der Waals surface area (Å²) in [6.07, 6.45) is 4.47. The molecule has 8 heteroatoms. The molecule has 1 aliphatic rings. The molecule has 1 N–H and O–H groups in total. The number of imidazole rings is 1. The van der Waals surface area contributed by atoms with Gasteiger partial charge < -0.3 is 14.8 Å². The minimum atomic E-state index is -0.0147. The van der Waals surface area contributed by atoms with Gasteiger partial charge in [0.15, 0.2) is 5.13 Å². The van der Waals surface area contributed by atoms with E-state index in [-0.39, 0.29) is 11.9 Å². The van der Waals surface area contributed by atoms with Gasteiger partial charge in [0.2, 0.25) is 5.91 Å². The molecule has 7 nitrogen and oxygen atoms in total. The monoisotopic (exact) mass is 446 g/mol. The lowest BCUT2D eigenvalue weighted by Crippen LogP contribution is -2.34. The van der Waals surface area contributed by atoms with E-state index in [1.54, 1.807) is 17.5 Å². The molecule has 5 rings (SSSR count). The van der Waals surface area contributed by atoms with Gasteiger partial charge in [-0.25, -0.2) is 9.97 Å². The third-order valence-electron chi connectivity index (χ3n) is 5.91. The number of likely N-dealkylation sites (tertiary alicyclic amines) is 1. The Kier molecular flexibility index (Phi) is 5.61. The first-order valence-corrected chi connectivity index (χ1v) is 11.9. The van der Waals surface area contributed by atoms with E-state index in [9.17, 15) is 4.79 Å². The predicted octanol–water partition coefficient (Wildman–Crippen LogP) is 4.87. The van der Waals surface area contributed by atoms with Crippen molar-refractivity contribution < 1.29 is 4.79 Å². The van der Waals surface area contributed by atoms with Gasteiger partial charge in [-0.2, -0.15) is 0 Å². The Morgan fingerprint density at radius 1 is 1.25 bits per heavy atom. The molecule has 4 heterocycles. The van der Waals surface area contributed by atoms with Crippen LogP contribution in [0, 0.1) is 6.92 Å². The molecule has 1 fully saturated rings. The van der Waals surface area contributed by atoms with Crippen molar-refractivity contribution in [3.05, 3.63) is 65.2 Å². The molecule has 1 amide bonds. The average molecular weight is 447 g/mol. The number of rotatable bonds is 6. The highest BCUT2D eigenvalue weighted by atomic mass is 32.1. The second kappa shape index (κ2) is 8.70. The van der Waals surface area contributed by atoms with E-state index in [1.807, 2.05) is 47.5 Å². The van der Waals surface area contributed by atoms with Gasteiger partial charge in [0.05, 0.1) is 22.8 Å². The molecule has 4 aromatic rings. The first kappa shape index (κ1) is 20.6. The van der Waals surface area contributed by atoms with Crippen molar-refractivity contribution in [2.24, 2.45) is 0 Å². The maximum Gasteiger partial charge on any atom is 0.243 e. The normalized spacial score (nSPS) is 16.1. The molecule has 0 bridgehead atoms. The zero-order chi connectivity index (χ0) is 22.1. The van der Waals surface area contributed by atoms with Crippen LogP contribution in [0.25, 0.3) is 11.0 Å². The summed E-state index contributed by atoms with van der Waals surface area (Å²) in [5, 5.41) is 6.15. The largest absolute Gasteiger partial charge is 0.333 e. The quantitative estimate of drug-likeness (QED) is 0.457. The van der Waals surface area contributed by atoms with Gasteiger partial charge in [-0.3, -0.25) is 9.78 Å². The Morgan fingerprint density at radius 2 is 2.12 bits per heavy atom. The van der Waals surface area contributed by atoms with Gasteiger partial charge in [-0.05, 0) is 44.0 Å². The van der Waals surface area contributed by atoms with Gasteiger partial charge in [-0.15, -0.1) is 11.3 Å². The summed E-state index contributed by atoms with van der Waals surface area (Å²) in [5.74, 6) is 1.06. The molecule has 164 valence electrons. The highest BCUT2D eigenvalue weighted by Crippen LogP contribution is 2.33. The lowest BCUT2D eigenvalue weighted by atomic mass is 10.1. The van der Waals surface area contributed by atoms with Crippen LogP contribution >= 0.6 is 11.3 Å². The summed E-state index contributed by atoms with van der Waals surface area (Å²) in [6, 6.07) is 12.1. The molecule has 0 saturated carbocycles. The number of aromatic nitrogens is 4. The fourth-order valence-electron chi connectivity index (χ4n) is 4.52. The summed E-state index contributed by atoms with van der Waals surface area (Å²) in [5.41, 5.74) is 4.76. The minimum absolute atomic E-state index is 0.0147. The van der Waals surface area contributed by atoms with Crippen LogP contribution in [-0.4, -0.2) is 36.9 Å². The molecule has 1 unspecified atom stereocenters. The molecule has 1 atom stereocenters. The zero-order valence-corrected chi connectivity index (χ0v) is 19.1. The van der Waals surface area contributed by atoms with E-state index in [0.29, 0.717) is 6.54 Å². The highest BCUT2D eigenvalue weighted by Gasteiger charge is 2.32. The number of amides is 1. The van der Waals surface area contributed by atoms with Crippen LogP contribution in [0.2, 0.25) is 0 Å². The number of thiazole rings is 1.